The van der Waals surface area contributed by atoms with Crippen molar-refractivity contribution in [2.45, 2.75) is 0 Å². The van der Waals surface area contributed by atoms with E-state index in [4.69, 9.17) is 5.73 Å². The second-order valence-corrected chi connectivity index (χ2v) is 1.65. The number of anilines is 1. The highest BCUT2D eigenvalue weighted by Crippen LogP contribution is 2.15. The lowest BCUT2D eigenvalue weighted by Crippen LogP contribution is -1.97. The van der Waals surface area contributed by atoms with Gasteiger partial charge in [0.2, 0.25) is 12.7 Å². The number of rotatable bonds is 2. The Morgan fingerprint density at radius 1 is 1.70 bits per heavy atom. The first-order valence-electron chi connectivity index (χ1n) is 2.74. The number of hydrogen-bond donors (Lipinski definition) is 1. The van der Waals surface area contributed by atoms with Gasteiger partial charge >= 0.3 is 0 Å². The molecule has 0 aliphatic carbocycles. The molecular formula is C6H7FN2O. The van der Waals surface area contributed by atoms with Crippen molar-refractivity contribution in [1.82, 2.24) is 4.98 Å². The Labute approximate surface area is 57.6 Å². The molecule has 1 rings (SSSR count). The lowest BCUT2D eigenvalue weighted by atomic mass is 10.4. The lowest BCUT2D eigenvalue weighted by Gasteiger charge is -2.00. The van der Waals surface area contributed by atoms with Gasteiger partial charge in [0.05, 0.1) is 5.69 Å². The van der Waals surface area contributed by atoms with Crippen molar-refractivity contribution < 1.29 is 9.13 Å². The topological polar surface area (TPSA) is 48.1 Å². The van der Waals surface area contributed by atoms with Crippen LogP contribution in [0, 0.1) is 0 Å². The number of hydrogen-bond acceptors (Lipinski definition) is 3. The molecule has 0 fully saturated rings. The van der Waals surface area contributed by atoms with Gasteiger partial charge in [-0.05, 0) is 12.1 Å². The van der Waals surface area contributed by atoms with E-state index in [1.807, 2.05) is 0 Å². The van der Waals surface area contributed by atoms with Gasteiger partial charge in [-0.15, -0.1) is 0 Å². The van der Waals surface area contributed by atoms with Crippen molar-refractivity contribution in [3.8, 4) is 5.88 Å². The molecule has 54 valence electrons. The van der Waals surface area contributed by atoms with E-state index in [2.05, 4.69) is 9.72 Å². The minimum atomic E-state index is -0.902. The number of pyridine rings is 1. The maximum Gasteiger partial charge on any atom is 0.239 e. The van der Waals surface area contributed by atoms with Gasteiger partial charge in [0.15, 0.2) is 0 Å². The number of aromatic nitrogens is 1. The maximum atomic E-state index is 11.5. The smallest absolute Gasteiger partial charge is 0.239 e. The molecule has 0 bridgehead atoms. The summed E-state index contributed by atoms with van der Waals surface area (Å²) in [5, 5.41) is 0. The zero-order valence-corrected chi connectivity index (χ0v) is 5.25. The molecule has 0 atom stereocenters. The van der Waals surface area contributed by atoms with Crippen LogP contribution in [-0.4, -0.2) is 11.8 Å². The zero-order chi connectivity index (χ0) is 7.40. The average molecular weight is 142 g/mol. The van der Waals surface area contributed by atoms with Crippen LogP contribution in [0.5, 0.6) is 5.88 Å². The molecule has 0 saturated heterocycles. The third kappa shape index (κ3) is 1.34. The molecule has 0 unspecified atom stereocenters. The fourth-order valence-corrected chi connectivity index (χ4v) is 0.576. The van der Waals surface area contributed by atoms with E-state index in [1.165, 1.54) is 6.20 Å². The molecule has 4 heteroatoms. The van der Waals surface area contributed by atoms with Crippen LogP contribution in [0.3, 0.4) is 0 Å². The minimum absolute atomic E-state index is 0.144. The molecule has 0 aromatic carbocycles. The summed E-state index contributed by atoms with van der Waals surface area (Å²) in [4.78, 5) is 3.68. The van der Waals surface area contributed by atoms with Gasteiger partial charge in [0.25, 0.3) is 0 Å². The fourth-order valence-electron chi connectivity index (χ4n) is 0.576. The molecule has 0 amide bonds. The Kier molecular flexibility index (Phi) is 2.04. The molecule has 3 nitrogen and oxygen atoms in total. The molecule has 1 aromatic heterocycles. The highest BCUT2D eigenvalue weighted by Gasteiger charge is 1.97. The molecule has 0 aliphatic heterocycles. The van der Waals surface area contributed by atoms with E-state index in [0.29, 0.717) is 5.69 Å². The van der Waals surface area contributed by atoms with Crippen molar-refractivity contribution in [3.05, 3.63) is 18.3 Å². The van der Waals surface area contributed by atoms with Gasteiger partial charge in [0.1, 0.15) is 0 Å². The maximum absolute atomic E-state index is 11.5. The third-order valence-electron chi connectivity index (χ3n) is 0.992. The Balaban J connectivity index is 2.81. The number of nitrogens with zero attached hydrogens (tertiary/aromatic N) is 1. The van der Waals surface area contributed by atoms with E-state index >= 15 is 0 Å². The summed E-state index contributed by atoms with van der Waals surface area (Å²) >= 11 is 0. The number of halogens is 1. The predicted molar refractivity (Wildman–Crippen MR) is 35.3 cm³/mol. The molecule has 1 aromatic rings. The van der Waals surface area contributed by atoms with Gasteiger partial charge in [-0.1, -0.05) is 0 Å². The highest BCUT2D eigenvalue weighted by molar-refractivity contribution is 5.46. The Morgan fingerprint density at radius 2 is 2.50 bits per heavy atom. The van der Waals surface area contributed by atoms with Crippen molar-refractivity contribution in [3.63, 3.8) is 0 Å². The van der Waals surface area contributed by atoms with E-state index in [-0.39, 0.29) is 5.88 Å². The number of ether oxygens (including phenoxy) is 1. The van der Waals surface area contributed by atoms with Crippen LogP contribution in [0.2, 0.25) is 0 Å². The molecule has 0 spiro atoms. The SMILES string of the molecule is Nc1cccnc1OCF. The summed E-state index contributed by atoms with van der Waals surface area (Å²) in [6.45, 7) is -0.902. The van der Waals surface area contributed by atoms with Gasteiger partial charge in [0, 0.05) is 6.20 Å². The van der Waals surface area contributed by atoms with Crippen molar-refractivity contribution in [2.24, 2.45) is 0 Å². The first-order chi connectivity index (χ1) is 4.84. The molecule has 2 N–H and O–H groups in total. The predicted octanol–water partition coefficient (Wildman–Crippen LogP) is 0.970. The first kappa shape index (κ1) is 6.80. The van der Waals surface area contributed by atoms with Crippen LogP contribution in [0.25, 0.3) is 0 Å². The van der Waals surface area contributed by atoms with Crippen molar-refractivity contribution in [2.75, 3.05) is 12.6 Å². The van der Waals surface area contributed by atoms with Gasteiger partial charge in [-0.3, -0.25) is 0 Å². The Hall–Kier alpha value is -1.32. The second-order valence-electron chi connectivity index (χ2n) is 1.65. The fraction of sp³-hybridized carbons (Fsp3) is 0.167. The third-order valence-corrected chi connectivity index (χ3v) is 0.992. The number of nitrogens with two attached hydrogens (primary N) is 1. The summed E-state index contributed by atoms with van der Waals surface area (Å²) in [6, 6.07) is 3.25. The van der Waals surface area contributed by atoms with Gasteiger partial charge in [-0.25, -0.2) is 9.37 Å². The number of nitrogen functional groups attached to an aromatic ring is 1. The first-order valence-corrected chi connectivity index (χ1v) is 2.74. The minimum Gasteiger partial charge on any atom is -0.444 e. The van der Waals surface area contributed by atoms with E-state index in [0.717, 1.165) is 0 Å². The quantitative estimate of drug-likeness (QED) is 0.669. The molecule has 1 heterocycles. The molecule has 10 heavy (non-hydrogen) atoms. The monoisotopic (exact) mass is 142 g/mol. The lowest BCUT2D eigenvalue weighted by molar-refractivity contribution is 0.186. The van der Waals surface area contributed by atoms with Crippen LogP contribution in [0.1, 0.15) is 0 Å². The van der Waals surface area contributed by atoms with E-state index in [1.54, 1.807) is 12.1 Å². The van der Waals surface area contributed by atoms with Crippen LogP contribution < -0.4 is 10.5 Å². The van der Waals surface area contributed by atoms with Gasteiger partial charge < -0.3 is 10.5 Å². The largest absolute Gasteiger partial charge is 0.444 e. The van der Waals surface area contributed by atoms with E-state index in [9.17, 15) is 4.39 Å². The number of alkyl halides is 1. The van der Waals surface area contributed by atoms with Crippen molar-refractivity contribution in [1.29, 1.82) is 0 Å². The van der Waals surface area contributed by atoms with Gasteiger partial charge in [-0.2, -0.15) is 0 Å². The molecule has 0 aliphatic rings. The van der Waals surface area contributed by atoms with Crippen LogP contribution in [0.15, 0.2) is 18.3 Å². The summed E-state index contributed by atoms with van der Waals surface area (Å²) < 4.78 is 16.0. The summed E-state index contributed by atoms with van der Waals surface area (Å²) in [5.41, 5.74) is 5.70. The standard InChI is InChI=1S/C6H7FN2O/c7-4-10-6-5(8)2-1-3-9-6/h1-3H,4,8H2. The summed E-state index contributed by atoms with van der Waals surface area (Å²) in [6.07, 6.45) is 1.49. The Morgan fingerprint density at radius 3 is 3.10 bits per heavy atom. The van der Waals surface area contributed by atoms with Crippen LogP contribution in [0.4, 0.5) is 10.1 Å². The Bertz CT molecular complexity index is 217. The van der Waals surface area contributed by atoms with Crippen LogP contribution >= 0.6 is 0 Å². The summed E-state index contributed by atoms with van der Waals surface area (Å²) in [7, 11) is 0. The van der Waals surface area contributed by atoms with E-state index < -0.39 is 6.86 Å². The molecule has 0 saturated carbocycles. The molecular weight excluding hydrogens is 135 g/mol. The second kappa shape index (κ2) is 3.00. The summed E-state index contributed by atoms with van der Waals surface area (Å²) in [5.74, 6) is 0.144. The molecule has 0 radical (unpaired) electrons. The highest BCUT2D eigenvalue weighted by atomic mass is 19.1. The average Bonchev–Trinajstić information content (AvgIpc) is 1.94. The normalized spacial score (nSPS) is 9.30. The van der Waals surface area contributed by atoms with Crippen LogP contribution in [-0.2, 0) is 0 Å². The van der Waals surface area contributed by atoms with Crippen molar-refractivity contribution >= 4 is 5.69 Å². The zero-order valence-electron chi connectivity index (χ0n) is 5.25.